The number of esters is 1. The molecule has 1 saturated heterocycles. The van der Waals surface area contributed by atoms with Crippen molar-refractivity contribution in [1.29, 1.82) is 0 Å². The van der Waals surface area contributed by atoms with Crippen molar-refractivity contribution in [3.63, 3.8) is 0 Å². The van der Waals surface area contributed by atoms with E-state index in [0.29, 0.717) is 18.5 Å². The topological polar surface area (TPSA) is 105 Å². The number of thiol groups is 1. The van der Waals surface area contributed by atoms with Crippen LogP contribution in [-0.2, 0) is 33.3 Å². The molecule has 2 aromatic rings. The Kier molecular flexibility index (Phi) is 9.93. The van der Waals surface area contributed by atoms with Gasteiger partial charge < -0.3 is 19.7 Å². The van der Waals surface area contributed by atoms with Gasteiger partial charge in [0.2, 0.25) is 10.9 Å². The van der Waals surface area contributed by atoms with Gasteiger partial charge in [0.1, 0.15) is 5.60 Å². The van der Waals surface area contributed by atoms with Gasteiger partial charge in [0.05, 0.1) is 12.7 Å². The summed E-state index contributed by atoms with van der Waals surface area (Å²) in [5.41, 5.74) is 2.84. The zero-order valence-corrected chi connectivity index (χ0v) is 22.8. The van der Waals surface area contributed by atoms with Crippen LogP contribution < -0.4 is 10.2 Å². The zero-order chi connectivity index (χ0) is 27.0. The first-order chi connectivity index (χ1) is 17.6. The molecule has 37 heavy (non-hydrogen) atoms. The number of alkyl carbamates (subject to hydrolysis) is 1. The third-order valence-electron chi connectivity index (χ3n) is 6.16. The molecule has 0 aromatic heterocycles. The predicted octanol–water partition coefficient (Wildman–Crippen LogP) is 3.54. The van der Waals surface area contributed by atoms with Crippen LogP contribution in [-0.4, -0.2) is 63.2 Å². The van der Waals surface area contributed by atoms with Crippen LogP contribution in [0.25, 0.3) is 0 Å². The number of hydrogen-bond donors (Lipinski definition) is 2. The molecule has 9 nitrogen and oxygen atoms in total. The second kappa shape index (κ2) is 12.9. The molecule has 1 N–H and O–H groups in total. The number of rotatable bonds is 9. The maximum absolute atomic E-state index is 12.1. The van der Waals surface area contributed by atoms with Crippen molar-refractivity contribution in [3.05, 3.63) is 65.2 Å². The van der Waals surface area contributed by atoms with E-state index in [4.69, 9.17) is 9.47 Å². The number of methoxy groups -OCH3 is 1. The van der Waals surface area contributed by atoms with Crippen molar-refractivity contribution in [2.75, 3.05) is 31.6 Å². The minimum Gasteiger partial charge on any atom is -0.465 e. The lowest BCUT2D eigenvalue weighted by molar-refractivity contribution is 0.0496. The fraction of sp³-hybridized carbons (Fsp3) is 0.481. The van der Waals surface area contributed by atoms with Gasteiger partial charge in [0.25, 0.3) is 0 Å². The maximum Gasteiger partial charge on any atom is 0.407 e. The Morgan fingerprint density at radius 1 is 1.05 bits per heavy atom. The van der Waals surface area contributed by atoms with E-state index >= 15 is 0 Å². The first kappa shape index (κ1) is 28.5. The van der Waals surface area contributed by atoms with Crippen LogP contribution in [0.15, 0.2) is 48.5 Å². The van der Waals surface area contributed by atoms with E-state index in [9.17, 15) is 18.0 Å². The number of nitrogens with one attached hydrogen (secondary N) is 1. The van der Waals surface area contributed by atoms with Gasteiger partial charge in [-0.1, -0.05) is 30.3 Å². The number of amides is 1. The highest BCUT2D eigenvalue weighted by Crippen LogP contribution is 2.25. The summed E-state index contributed by atoms with van der Waals surface area (Å²) in [6.07, 6.45) is 1.77. The number of hydrogen-bond acceptors (Lipinski definition) is 7. The summed E-state index contributed by atoms with van der Waals surface area (Å²) in [5, 5.41) is 2.96. The smallest absolute Gasteiger partial charge is 0.407 e. The van der Waals surface area contributed by atoms with Crippen LogP contribution in [0.1, 0.15) is 55.1 Å². The Morgan fingerprint density at radius 3 is 2.30 bits per heavy atom. The van der Waals surface area contributed by atoms with Gasteiger partial charge in [0.15, 0.2) is 0 Å². The number of benzene rings is 2. The van der Waals surface area contributed by atoms with Gasteiger partial charge in [-0.2, -0.15) is 4.31 Å². The Morgan fingerprint density at radius 2 is 1.70 bits per heavy atom. The lowest BCUT2D eigenvalue weighted by Gasteiger charge is -2.35. The van der Waals surface area contributed by atoms with Crippen molar-refractivity contribution < 1.29 is 27.5 Å². The largest absolute Gasteiger partial charge is 0.465 e. The summed E-state index contributed by atoms with van der Waals surface area (Å²) in [7, 11) is -1.46. The molecule has 0 atom stereocenters. The summed E-state index contributed by atoms with van der Waals surface area (Å²) in [6, 6.07) is 14.8. The van der Waals surface area contributed by atoms with Crippen molar-refractivity contribution in [1.82, 2.24) is 9.62 Å². The van der Waals surface area contributed by atoms with Crippen molar-refractivity contribution >= 4 is 28.6 Å². The zero-order valence-electron chi connectivity index (χ0n) is 21.9. The Hall–Kier alpha value is -3.11. The quantitative estimate of drug-likeness (QED) is 0.377. The minimum atomic E-state index is -2.78. The van der Waals surface area contributed by atoms with Crippen LogP contribution >= 0.6 is 0 Å². The highest BCUT2D eigenvalue weighted by atomic mass is 32.2. The third kappa shape index (κ3) is 8.75. The lowest BCUT2D eigenvalue weighted by Crippen LogP contribution is -2.46. The van der Waals surface area contributed by atoms with E-state index < -0.39 is 28.6 Å². The van der Waals surface area contributed by atoms with E-state index in [-0.39, 0.29) is 12.6 Å². The molecule has 3 rings (SSSR count). The Bertz CT molecular complexity index is 1130. The molecule has 0 bridgehead atoms. The number of anilines is 1. The minimum absolute atomic E-state index is 0.0591. The molecule has 1 fully saturated rings. The van der Waals surface area contributed by atoms with Crippen LogP contribution in [0.5, 0.6) is 0 Å². The highest BCUT2D eigenvalue weighted by Gasteiger charge is 2.24. The van der Waals surface area contributed by atoms with Gasteiger partial charge in [-0.25, -0.2) is 18.0 Å². The molecule has 0 unspecified atom stereocenters. The van der Waals surface area contributed by atoms with Gasteiger partial charge in [-0.3, -0.25) is 0 Å². The normalized spacial score (nSPS) is 14.6. The Labute approximate surface area is 220 Å². The molecule has 0 aliphatic carbocycles. The standard InChI is InChI=1S/C27H37N3O6S/c1-27(2,3)36-26(32)28-23-14-16-29(17-15-23)24-8-6-5-7-21(24)13-18-30(37(33)34)19-20-9-11-22(12-10-20)25(31)35-4/h5-12,23,37H,13-19H2,1-4H3,(H,28,32). The molecule has 1 aliphatic heterocycles. The average molecular weight is 532 g/mol. The summed E-state index contributed by atoms with van der Waals surface area (Å²) >= 11 is 0. The van der Waals surface area contributed by atoms with Crippen molar-refractivity contribution in [2.45, 2.75) is 58.2 Å². The number of carbonyl (C=O) groups excluding carboxylic acids is 2. The molecule has 202 valence electrons. The summed E-state index contributed by atoms with van der Waals surface area (Å²) in [4.78, 5) is 26.0. The first-order valence-electron chi connectivity index (χ1n) is 12.4. The van der Waals surface area contributed by atoms with E-state index in [1.165, 1.54) is 11.4 Å². The number of para-hydroxylation sites is 1. The Balaban J connectivity index is 1.58. The SMILES string of the molecule is COC(=O)c1ccc(CN(CCc2ccccc2N2CCC(NC(=O)OC(C)(C)C)CC2)[SH](=O)=O)cc1. The van der Waals surface area contributed by atoms with Crippen LogP contribution in [0, 0.1) is 0 Å². The molecule has 1 amide bonds. The summed E-state index contributed by atoms with van der Waals surface area (Å²) in [6.45, 7) is 7.66. The predicted molar refractivity (Wildman–Crippen MR) is 143 cm³/mol. The van der Waals surface area contributed by atoms with Crippen molar-refractivity contribution in [3.8, 4) is 0 Å². The number of carbonyl (C=O) groups is 2. The molecule has 2 aromatic carbocycles. The monoisotopic (exact) mass is 531 g/mol. The second-order valence-corrected chi connectivity index (χ2v) is 11.1. The van der Waals surface area contributed by atoms with E-state index in [1.54, 1.807) is 24.3 Å². The molecule has 10 heteroatoms. The molecule has 0 radical (unpaired) electrons. The maximum atomic E-state index is 12.1. The summed E-state index contributed by atoms with van der Waals surface area (Å²) < 4.78 is 35.4. The number of nitrogens with zero attached hydrogens (tertiary/aromatic N) is 2. The number of piperidine rings is 1. The lowest BCUT2D eigenvalue weighted by atomic mass is 10.0. The van der Waals surface area contributed by atoms with Gasteiger partial charge in [-0.15, -0.1) is 0 Å². The molecule has 1 heterocycles. The molecule has 1 aliphatic rings. The molecule has 0 spiro atoms. The summed E-state index contributed by atoms with van der Waals surface area (Å²) in [5.74, 6) is -0.431. The fourth-order valence-electron chi connectivity index (χ4n) is 4.31. The van der Waals surface area contributed by atoms with Gasteiger partial charge in [0, 0.05) is 37.9 Å². The highest BCUT2D eigenvalue weighted by molar-refractivity contribution is 7.69. The second-order valence-electron chi connectivity index (χ2n) is 10.1. The molecular formula is C27H37N3O6S. The molecule has 0 saturated carbocycles. The van der Waals surface area contributed by atoms with Crippen LogP contribution in [0.3, 0.4) is 0 Å². The average Bonchev–Trinajstić information content (AvgIpc) is 2.86. The van der Waals surface area contributed by atoms with Crippen LogP contribution in [0.4, 0.5) is 10.5 Å². The van der Waals surface area contributed by atoms with Gasteiger partial charge >= 0.3 is 12.1 Å². The fourth-order valence-corrected chi connectivity index (χ4v) is 4.85. The van der Waals surface area contributed by atoms with E-state index in [2.05, 4.69) is 16.3 Å². The van der Waals surface area contributed by atoms with E-state index in [0.717, 1.165) is 42.7 Å². The molecular weight excluding hydrogens is 494 g/mol. The van der Waals surface area contributed by atoms with Crippen molar-refractivity contribution in [2.24, 2.45) is 0 Å². The van der Waals surface area contributed by atoms with Gasteiger partial charge in [-0.05, 0) is 69.4 Å². The van der Waals surface area contributed by atoms with Crippen LogP contribution in [0.2, 0.25) is 0 Å². The third-order valence-corrected chi connectivity index (χ3v) is 6.96. The van der Waals surface area contributed by atoms with E-state index in [1.807, 2.05) is 39.0 Å². The first-order valence-corrected chi connectivity index (χ1v) is 13.6. The number of ether oxygens (including phenoxy) is 2.